The van der Waals surface area contributed by atoms with Gasteiger partial charge in [0.25, 0.3) is 0 Å². The predicted octanol–water partition coefficient (Wildman–Crippen LogP) is 3.53. The Labute approximate surface area is 123 Å². The van der Waals surface area contributed by atoms with Gasteiger partial charge in [0, 0.05) is 11.6 Å². The van der Waals surface area contributed by atoms with E-state index in [2.05, 4.69) is 0 Å². The first-order chi connectivity index (χ1) is 9.93. The number of hydrogen-bond acceptors (Lipinski definition) is 2. The number of benzene rings is 1. The molecular formula is C16H21F2NO2. The van der Waals surface area contributed by atoms with Crippen LogP contribution < -0.4 is 0 Å². The van der Waals surface area contributed by atoms with E-state index in [4.69, 9.17) is 0 Å². The summed E-state index contributed by atoms with van der Waals surface area (Å²) in [6.45, 7) is 3.21. The monoisotopic (exact) mass is 297 g/mol. The molecule has 1 aromatic rings. The molecule has 0 saturated carbocycles. The third-order valence-corrected chi connectivity index (χ3v) is 4.31. The van der Waals surface area contributed by atoms with Gasteiger partial charge in [0.05, 0.1) is 12.0 Å². The van der Waals surface area contributed by atoms with Crippen LogP contribution in [0.5, 0.6) is 0 Å². The maximum atomic E-state index is 14.2. The summed E-state index contributed by atoms with van der Waals surface area (Å²) >= 11 is 0. The maximum Gasteiger partial charge on any atom is 0.305 e. The zero-order valence-electron chi connectivity index (χ0n) is 12.2. The molecule has 0 amide bonds. The van der Waals surface area contributed by atoms with Crippen molar-refractivity contribution in [3.05, 3.63) is 35.4 Å². The van der Waals surface area contributed by atoms with E-state index in [-0.39, 0.29) is 12.0 Å². The van der Waals surface area contributed by atoms with Gasteiger partial charge in [0.1, 0.15) is 11.6 Å². The Morgan fingerprint density at radius 1 is 1.24 bits per heavy atom. The van der Waals surface area contributed by atoms with E-state index in [0.29, 0.717) is 0 Å². The normalized spacial score (nSPS) is 19.8. The molecule has 1 aliphatic heterocycles. The maximum absolute atomic E-state index is 14.2. The summed E-state index contributed by atoms with van der Waals surface area (Å²) in [5.74, 6) is -2.31. The largest absolute Gasteiger partial charge is 0.481 e. The number of aliphatic carboxylic acids is 1. The summed E-state index contributed by atoms with van der Waals surface area (Å²) < 4.78 is 27.3. The van der Waals surface area contributed by atoms with Crippen LogP contribution in [0, 0.1) is 11.6 Å². The molecule has 1 unspecified atom stereocenters. The SMILES string of the molecule is CC(CC(=O)O)(c1ccc(F)cc1F)N1CCCCCC1. The van der Waals surface area contributed by atoms with Crippen molar-refractivity contribution < 1.29 is 18.7 Å². The van der Waals surface area contributed by atoms with Crippen molar-refractivity contribution in [3.8, 4) is 0 Å². The lowest BCUT2D eigenvalue weighted by molar-refractivity contribution is -0.140. The average Bonchev–Trinajstić information content (AvgIpc) is 2.66. The molecule has 5 heteroatoms. The number of likely N-dealkylation sites (tertiary alicyclic amines) is 1. The number of carboxylic acids is 1. The average molecular weight is 297 g/mol. The van der Waals surface area contributed by atoms with Crippen LogP contribution in [0.4, 0.5) is 8.78 Å². The molecule has 1 aromatic carbocycles. The highest BCUT2D eigenvalue weighted by molar-refractivity contribution is 5.69. The Kier molecular flexibility index (Phi) is 4.93. The van der Waals surface area contributed by atoms with E-state index >= 15 is 0 Å². The second kappa shape index (κ2) is 6.52. The van der Waals surface area contributed by atoms with E-state index in [1.54, 1.807) is 6.92 Å². The molecule has 0 spiro atoms. The number of rotatable bonds is 4. The Bertz CT molecular complexity index is 513. The Morgan fingerprint density at radius 3 is 2.38 bits per heavy atom. The zero-order chi connectivity index (χ0) is 15.5. The highest BCUT2D eigenvalue weighted by atomic mass is 19.1. The summed E-state index contributed by atoms with van der Waals surface area (Å²) in [6.07, 6.45) is 3.95. The Hall–Kier alpha value is -1.49. The van der Waals surface area contributed by atoms with Crippen molar-refractivity contribution in [3.63, 3.8) is 0 Å². The molecular weight excluding hydrogens is 276 g/mol. The molecule has 0 aliphatic carbocycles. The fourth-order valence-corrected chi connectivity index (χ4v) is 3.16. The topological polar surface area (TPSA) is 40.5 Å². The summed E-state index contributed by atoms with van der Waals surface area (Å²) in [5.41, 5.74) is -0.693. The van der Waals surface area contributed by atoms with Gasteiger partial charge in [-0.25, -0.2) is 8.78 Å². The highest BCUT2D eigenvalue weighted by Crippen LogP contribution is 2.35. The van der Waals surface area contributed by atoms with Gasteiger partial charge < -0.3 is 5.11 Å². The summed E-state index contributed by atoms with van der Waals surface area (Å²) in [6, 6.07) is 3.39. The lowest BCUT2D eigenvalue weighted by Crippen LogP contribution is -2.46. The second-order valence-corrected chi connectivity index (χ2v) is 5.87. The van der Waals surface area contributed by atoms with Crippen LogP contribution in [-0.4, -0.2) is 29.1 Å². The summed E-state index contributed by atoms with van der Waals surface area (Å²) in [4.78, 5) is 13.3. The Balaban J connectivity index is 2.41. The number of hydrogen-bond donors (Lipinski definition) is 1. The third-order valence-electron chi connectivity index (χ3n) is 4.31. The van der Waals surface area contributed by atoms with Crippen molar-refractivity contribution in [2.24, 2.45) is 0 Å². The van der Waals surface area contributed by atoms with Crippen molar-refractivity contribution >= 4 is 5.97 Å². The molecule has 2 rings (SSSR count). The summed E-state index contributed by atoms with van der Waals surface area (Å²) in [7, 11) is 0. The number of carbonyl (C=O) groups is 1. The van der Waals surface area contributed by atoms with Crippen molar-refractivity contribution in [1.29, 1.82) is 0 Å². The quantitative estimate of drug-likeness (QED) is 0.924. The van der Waals surface area contributed by atoms with E-state index < -0.39 is 23.1 Å². The van der Waals surface area contributed by atoms with Gasteiger partial charge in [-0.3, -0.25) is 9.69 Å². The van der Waals surface area contributed by atoms with Gasteiger partial charge in [0.2, 0.25) is 0 Å². The van der Waals surface area contributed by atoms with Crippen LogP contribution in [0.1, 0.15) is 44.6 Å². The predicted molar refractivity (Wildman–Crippen MR) is 76.0 cm³/mol. The van der Waals surface area contributed by atoms with Crippen LogP contribution in [0.3, 0.4) is 0 Å². The molecule has 1 heterocycles. The van der Waals surface area contributed by atoms with Gasteiger partial charge in [0.15, 0.2) is 0 Å². The smallest absolute Gasteiger partial charge is 0.305 e. The molecule has 1 aliphatic rings. The minimum atomic E-state index is -0.981. The van der Waals surface area contributed by atoms with E-state index in [1.807, 2.05) is 4.90 Å². The zero-order valence-corrected chi connectivity index (χ0v) is 12.2. The van der Waals surface area contributed by atoms with Crippen LogP contribution in [-0.2, 0) is 10.3 Å². The minimum Gasteiger partial charge on any atom is -0.481 e. The van der Waals surface area contributed by atoms with Gasteiger partial charge in [-0.15, -0.1) is 0 Å². The van der Waals surface area contributed by atoms with Gasteiger partial charge in [-0.2, -0.15) is 0 Å². The molecule has 0 bridgehead atoms. The molecule has 0 aromatic heterocycles. The van der Waals surface area contributed by atoms with Crippen LogP contribution >= 0.6 is 0 Å². The molecule has 116 valence electrons. The molecule has 1 atom stereocenters. The van der Waals surface area contributed by atoms with E-state index in [9.17, 15) is 18.7 Å². The van der Waals surface area contributed by atoms with Gasteiger partial charge in [-0.05, 0) is 38.9 Å². The highest BCUT2D eigenvalue weighted by Gasteiger charge is 2.38. The lowest BCUT2D eigenvalue weighted by atomic mass is 9.86. The summed E-state index contributed by atoms with van der Waals surface area (Å²) in [5, 5.41) is 9.23. The first kappa shape index (κ1) is 15.9. The number of carboxylic acid groups (broad SMARTS) is 1. The standard InChI is InChI=1S/C16H21F2NO2/c1-16(11-15(20)21,19-8-4-2-3-5-9-19)13-7-6-12(17)10-14(13)18/h6-7,10H,2-5,8-9,11H2,1H3,(H,20,21). The van der Waals surface area contributed by atoms with Crippen LogP contribution in [0.25, 0.3) is 0 Å². The molecule has 1 N–H and O–H groups in total. The molecule has 3 nitrogen and oxygen atoms in total. The van der Waals surface area contributed by atoms with Crippen molar-refractivity contribution in [1.82, 2.24) is 4.90 Å². The number of halogens is 2. The second-order valence-electron chi connectivity index (χ2n) is 5.87. The molecule has 21 heavy (non-hydrogen) atoms. The van der Waals surface area contributed by atoms with Gasteiger partial charge >= 0.3 is 5.97 Å². The van der Waals surface area contributed by atoms with Crippen molar-refractivity contribution in [2.75, 3.05) is 13.1 Å². The fraction of sp³-hybridized carbons (Fsp3) is 0.562. The Morgan fingerprint density at radius 2 is 1.86 bits per heavy atom. The van der Waals surface area contributed by atoms with Crippen molar-refractivity contribution in [2.45, 2.75) is 44.6 Å². The van der Waals surface area contributed by atoms with Crippen LogP contribution in [0.2, 0.25) is 0 Å². The first-order valence-electron chi connectivity index (χ1n) is 7.36. The molecule has 1 saturated heterocycles. The van der Waals surface area contributed by atoms with Gasteiger partial charge in [-0.1, -0.05) is 18.9 Å². The number of nitrogens with zero attached hydrogens (tertiary/aromatic N) is 1. The fourth-order valence-electron chi connectivity index (χ4n) is 3.16. The minimum absolute atomic E-state index is 0.199. The lowest BCUT2D eigenvalue weighted by Gasteiger charge is -2.40. The van der Waals surface area contributed by atoms with E-state index in [1.165, 1.54) is 12.1 Å². The molecule has 1 fully saturated rings. The first-order valence-corrected chi connectivity index (χ1v) is 7.36. The third kappa shape index (κ3) is 3.59. The molecule has 0 radical (unpaired) electrons. The van der Waals surface area contributed by atoms with Crippen LogP contribution in [0.15, 0.2) is 18.2 Å². The van der Waals surface area contributed by atoms with E-state index in [0.717, 1.165) is 44.8 Å².